The third kappa shape index (κ3) is 6.09. The van der Waals surface area contributed by atoms with Crippen LogP contribution in [-0.4, -0.2) is 4.57 Å². The largest absolute Gasteiger partial charge is 0.439 e. The van der Waals surface area contributed by atoms with Crippen LogP contribution < -0.4 is 26.1 Å². The predicted molar refractivity (Wildman–Crippen MR) is 262 cm³/mol. The van der Waals surface area contributed by atoms with Gasteiger partial charge in [0.25, 0.3) is 0 Å². The van der Waals surface area contributed by atoms with E-state index in [1.807, 2.05) is 6.07 Å². The van der Waals surface area contributed by atoms with Crippen LogP contribution >= 0.6 is 0 Å². The maximum Gasteiger partial charge on any atom is 0.213 e. The molecule has 0 spiro atoms. The van der Waals surface area contributed by atoms with Gasteiger partial charge in [-0.1, -0.05) is 84.9 Å². The van der Waals surface area contributed by atoms with Crippen LogP contribution in [0.15, 0.2) is 235 Å². The maximum atomic E-state index is 6.57. The summed E-state index contributed by atoms with van der Waals surface area (Å²) in [6, 6.07) is 84.0. The predicted octanol–water partition coefficient (Wildman–Crippen LogP) is 13.3. The summed E-state index contributed by atoms with van der Waals surface area (Å²) in [4.78, 5) is 2.39. The van der Waals surface area contributed by atoms with Gasteiger partial charge in [-0.2, -0.15) is 0 Å². The summed E-state index contributed by atoms with van der Waals surface area (Å²) in [6.45, 7) is 0. The summed E-state index contributed by atoms with van der Waals surface area (Å²) < 4.78 is 11.8. The number of rotatable bonds is 7. The van der Waals surface area contributed by atoms with Crippen LogP contribution in [0.25, 0.3) is 93.9 Å². The molecule has 0 fully saturated rings. The SMILES string of the molecule is c1ccc(-n2c3ccc(-c4ccc(N(c5ccc(-c6cccc7ccccc67)cc5)c5cccc(-c6ccc7c(c6)[I-]c6ccccc6-7)c5)cc4)cc3c3c4ccccc4oc32)cc1. The van der Waals surface area contributed by atoms with Crippen molar-refractivity contribution < 1.29 is 25.6 Å². The molecule has 1 aliphatic rings. The fraction of sp³-hybridized carbons (Fsp3) is 0. The van der Waals surface area contributed by atoms with Crippen LogP contribution in [0.3, 0.4) is 0 Å². The third-order valence-electron chi connectivity index (χ3n) is 12.8. The molecule has 0 saturated carbocycles. The van der Waals surface area contributed by atoms with Gasteiger partial charge >= 0.3 is 210 Å². The Morgan fingerprint density at radius 3 is 1.86 bits per heavy atom. The van der Waals surface area contributed by atoms with Crippen molar-refractivity contribution in [2.24, 2.45) is 0 Å². The molecule has 4 heteroatoms. The number of anilines is 3. The van der Waals surface area contributed by atoms with Crippen LogP contribution in [0.5, 0.6) is 0 Å². The van der Waals surface area contributed by atoms with Crippen LogP contribution in [0.2, 0.25) is 0 Å². The summed E-state index contributed by atoms with van der Waals surface area (Å²) in [7, 11) is 0. The Balaban J connectivity index is 0.910. The molecule has 12 aromatic rings. The minimum Gasteiger partial charge on any atom is -0.439 e. The molecule has 0 saturated heterocycles. The zero-order chi connectivity index (χ0) is 42.1. The van der Waals surface area contributed by atoms with E-state index in [1.54, 1.807) is 0 Å². The van der Waals surface area contributed by atoms with Crippen molar-refractivity contribution in [3.8, 4) is 50.2 Å². The van der Waals surface area contributed by atoms with Crippen molar-refractivity contribution in [2.45, 2.75) is 0 Å². The molecule has 64 heavy (non-hydrogen) atoms. The Labute approximate surface area is 381 Å². The number of furan rings is 1. The van der Waals surface area contributed by atoms with E-state index in [4.69, 9.17) is 4.42 Å². The van der Waals surface area contributed by atoms with Crippen molar-refractivity contribution >= 4 is 60.8 Å². The molecule has 3 heterocycles. The first-order valence-electron chi connectivity index (χ1n) is 21.7. The van der Waals surface area contributed by atoms with Gasteiger partial charge in [-0.15, -0.1) is 0 Å². The molecule has 0 unspecified atom stereocenters. The molecule has 2 aromatic heterocycles. The van der Waals surface area contributed by atoms with Gasteiger partial charge < -0.3 is 4.42 Å². The Hall–Kier alpha value is -7.67. The van der Waals surface area contributed by atoms with Gasteiger partial charge in [0.05, 0.1) is 10.9 Å². The standard InChI is InChI=1S/C60H38IN2O/c1-2-15-45(16-3-1)63-57-35-29-43(37-54(57)59-53-20-7-9-23-58(53)64-60(59)63)39-24-30-46(31-25-39)62(47-32-26-41(27-33-47)50-21-11-13-40-12-4-5-18-49(40)50)48-17-10-14-42(36-48)44-28-34-52-51-19-6-8-22-55(51)61-56(52)38-44/h1-38H/q-1. The first-order chi connectivity index (χ1) is 31.7. The second-order valence-corrected chi connectivity index (χ2v) is 19.3. The van der Waals surface area contributed by atoms with E-state index in [-0.39, 0.29) is 21.2 Å². The quantitative estimate of drug-likeness (QED) is 0.149. The number of aromatic nitrogens is 1. The third-order valence-corrected chi connectivity index (χ3v) is 15.8. The van der Waals surface area contributed by atoms with Crippen molar-refractivity contribution in [2.75, 3.05) is 4.90 Å². The molecule has 0 amide bonds. The van der Waals surface area contributed by atoms with Gasteiger partial charge in [0.1, 0.15) is 5.58 Å². The normalized spacial score (nSPS) is 12.1. The Morgan fingerprint density at radius 1 is 0.375 bits per heavy atom. The van der Waals surface area contributed by atoms with Gasteiger partial charge in [0, 0.05) is 16.5 Å². The molecule has 0 radical (unpaired) electrons. The number of hydrogen-bond acceptors (Lipinski definition) is 2. The molecule has 1 aliphatic heterocycles. The zero-order valence-electron chi connectivity index (χ0n) is 34.6. The van der Waals surface area contributed by atoms with E-state index in [1.165, 1.54) is 56.7 Å². The molecular formula is C60H38IN2O-. The van der Waals surface area contributed by atoms with Gasteiger partial charge in [-0.3, -0.25) is 4.57 Å². The first-order valence-corrected chi connectivity index (χ1v) is 23.9. The van der Waals surface area contributed by atoms with Gasteiger partial charge in [-0.05, 0) is 41.1 Å². The number of fused-ring (bicyclic) bond motifs is 9. The maximum absolute atomic E-state index is 6.57. The molecule has 3 nitrogen and oxygen atoms in total. The number of halogens is 1. The first kappa shape index (κ1) is 36.9. The van der Waals surface area contributed by atoms with Crippen LogP contribution in [0, 0.1) is 7.14 Å². The Bertz CT molecular complexity index is 3750. The molecule has 0 bridgehead atoms. The molecular weight excluding hydrogens is 892 g/mol. The average molecular weight is 930 g/mol. The monoisotopic (exact) mass is 929 g/mol. The van der Waals surface area contributed by atoms with E-state index in [2.05, 4.69) is 234 Å². The topological polar surface area (TPSA) is 21.3 Å². The number of hydrogen-bond donors (Lipinski definition) is 0. The molecule has 302 valence electrons. The van der Waals surface area contributed by atoms with Crippen molar-refractivity contribution in [3.05, 3.63) is 238 Å². The Morgan fingerprint density at radius 2 is 1.00 bits per heavy atom. The van der Waals surface area contributed by atoms with Gasteiger partial charge in [0.2, 0.25) is 5.71 Å². The summed E-state index contributed by atoms with van der Waals surface area (Å²) in [5.74, 6) is 0. The van der Waals surface area contributed by atoms with Gasteiger partial charge in [-0.25, -0.2) is 0 Å². The number of para-hydroxylation sites is 2. The number of nitrogens with zero attached hydrogens (tertiary/aromatic N) is 2. The summed E-state index contributed by atoms with van der Waals surface area (Å²) in [6.07, 6.45) is 0. The fourth-order valence-corrected chi connectivity index (χ4v) is 12.7. The van der Waals surface area contributed by atoms with Crippen molar-refractivity contribution in [1.29, 1.82) is 0 Å². The molecule has 0 N–H and O–H groups in total. The molecule has 10 aromatic carbocycles. The van der Waals surface area contributed by atoms with E-state index in [9.17, 15) is 0 Å². The number of benzene rings is 10. The minimum absolute atomic E-state index is 0.209. The van der Waals surface area contributed by atoms with Crippen LogP contribution in [0.4, 0.5) is 17.1 Å². The zero-order valence-corrected chi connectivity index (χ0v) is 36.8. The van der Waals surface area contributed by atoms with Crippen LogP contribution in [-0.2, 0) is 0 Å². The minimum atomic E-state index is -0.209. The van der Waals surface area contributed by atoms with Crippen molar-refractivity contribution in [1.82, 2.24) is 4.57 Å². The average Bonchev–Trinajstić information content (AvgIpc) is 4.03. The smallest absolute Gasteiger partial charge is 0.213 e. The Kier molecular flexibility index (Phi) is 8.66. The fourth-order valence-electron chi connectivity index (χ4n) is 9.71. The van der Waals surface area contributed by atoms with E-state index in [0.29, 0.717) is 0 Å². The summed E-state index contributed by atoms with van der Waals surface area (Å²) in [5.41, 5.74) is 17.3. The molecule has 0 aliphatic carbocycles. The second kappa shape index (κ2) is 15.0. The summed E-state index contributed by atoms with van der Waals surface area (Å²) in [5, 5.41) is 5.94. The van der Waals surface area contributed by atoms with E-state index in [0.717, 1.165) is 61.5 Å². The molecule has 13 rings (SSSR count). The van der Waals surface area contributed by atoms with E-state index >= 15 is 0 Å². The molecule has 0 atom stereocenters. The van der Waals surface area contributed by atoms with Gasteiger partial charge in [0.15, 0.2) is 0 Å². The van der Waals surface area contributed by atoms with E-state index < -0.39 is 0 Å². The van der Waals surface area contributed by atoms with Crippen LogP contribution in [0.1, 0.15) is 0 Å². The van der Waals surface area contributed by atoms with Crippen molar-refractivity contribution in [3.63, 3.8) is 0 Å². The summed E-state index contributed by atoms with van der Waals surface area (Å²) >= 11 is -0.209. The second-order valence-electron chi connectivity index (χ2n) is 16.5.